The number of anilines is 2. The first-order valence-corrected chi connectivity index (χ1v) is 12.4. The molecule has 1 unspecified atom stereocenters. The van der Waals surface area contributed by atoms with E-state index < -0.39 is 18.1 Å². The Bertz CT molecular complexity index is 1040. The third kappa shape index (κ3) is 7.15. The summed E-state index contributed by atoms with van der Waals surface area (Å²) < 4.78 is 0.888. The molecule has 0 aliphatic heterocycles. The fourth-order valence-corrected chi connectivity index (χ4v) is 5.58. The Labute approximate surface area is 201 Å². The van der Waals surface area contributed by atoms with E-state index in [1.807, 2.05) is 19.9 Å². The van der Waals surface area contributed by atoms with E-state index in [1.54, 1.807) is 30.6 Å². The van der Waals surface area contributed by atoms with E-state index >= 15 is 0 Å². The van der Waals surface area contributed by atoms with Gasteiger partial charge in [-0.3, -0.25) is 15.1 Å². The summed E-state index contributed by atoms with van der Waals surface area (Å²) in [5, 5.41) is 26.9. The van der Waals surface area contributed by atoms with Gasteiger partial charge < -0.3 is 15.5 Å². The van der Waals surface area contributed by atoms with Gasteiger partial charge in [0.1, 0.15) is 0 Å². The van der Waals surface area contributed by atoms with Crippen LogP contribution in [0.3, 0.4) is 0 Å². The normalized spacial score (nSPS) is 15.7. The molecule has 2 amide bonds. The summed E-state index contributed by atoms with van der Waals surface area (Å²) in [6, 6.07) is 4.50. The summed E-state index contributed by atoms with van der Waals surface area (Å²) in [4.78, 5) is 32.3. The Balaban J connectivity index is 1.72. The van der Waals surface area contributed by atoms with Gasteiger partial charge in [0.05, 0.1) is 28.0 Å². The Morgan fingerprint density at radius 2 is 2.06 bits per heavy atom. The average Bonchev–Trinajstić information content (AvgIpc) is 3.46. The van der Waals surface area contributed by atoms with Crippen molar-refractivity contribution in [3.05, 3.63) is 46.6 Å². The van der Waals surface area contributed by atoms with E-state index in [1.165, 1.54) is 23.1 Å². The minimum atomic E-state index is -0.946. The number of nitrogens with one attached hydrogen (secondary N) is 2. The van der Waals surface area contributed by atoms with Gasteiger partial charge in [0.25, 0.3) is 0 Å². The fraction of sp³-hybridized carbons (Fsp3) is 0.391. The van der Waals surface area contributed by atoms with Gasteiger partial charge in [-0.05, 0) is 44.2 Å². The van der Waals surface area contributed by atoms with Gasteiger partial charge in [0.15, 0.2) is 5.13 Å². The fourth-order valence-electron chi connectivity index (χ4n) is 3.79. The number of benzene rings is 1. The number of hydrogen-bond acceptors (Lipinski definition) is 7. The monoisotopic (exact) mass is 488 g/mol. The smallest absolute Gasteiger partial charge is 0.325 e. The van der Waals surface area contributed by atoms with Crippen LogP contribution in [0.1, 0.15) is 56.8 Å². The molecule has 2 aromatic rings. The van der Waals surface area contributed by atoms with Crippen molar-refractivity contribution in [2.24, 2.45) is 10.9 Å². The van der Waals surface area contributed by atoms with Crippen molar-refractivity contribution in [1.29, 1.82) is 0 Å². The molecule has 176 valence electrons. The van der Waals surface area contributed by atoms with Gasteiger partial charge in [0.2, 0.25) is 0 Å². The number of amides is 2. The van der Waals surface area contributed by atoms with Crippen LogP contribution in [0.25, 0.3) is 0 Å². The van der Waals surface area contributed by atoms with Gasteiger partial charge in [-0.1, -0.05) is 54.1 Å². The SMILES string of the molecule is CC=N/C(=C\C)Sc1cnc(NC(=O)Nc2ccc(CC(=O)O)cc2C(O)C2CCCC2)s1. The maximum absolute atomic E-state index is 12.7. The second-order valence-electron chi connectivity index (χ2n) is 7.66. The first kappa shape index (κ1) is 24.9. The van der Waals surface area contributed by atoms with Crippen molar-refractivity contribution in [3.8, 4) is 0 Å². The first-order valence-electron chi connectivity index (χ1n) is 10.8. The maximum Gasteiger partial charge on any atom is 0.325 e. The lowest BCUT2D eigenvalue weighted by Gasteiger charge is -2.22. The summed E-state index contributed by atoms with van der Waals surface area (Å²) in [6.07, 6.45) is 8.31. The molecule has 8 nitrogen and oxygen atoms in total. The molecule has 0 radical (unpaired) electrons. The largest absolute Gasteiger partial charge is 0.481 e. The van der Waals surface area contributed by atoms with Gasteiger partial charge in [-0.2, -0.15) is 0 Å². The number of hydrogen-bond donors (Lipinski definition) is 4. The van der Waals surface area contributed by atoms with E-state index in [4.69, 9.17) is 5.11 Å². The molecular weight excluding hydrogens is 460 g/mol. The van der Waals surface area contributed by atoms with Crippen LogP contribution in [0.4, 0.5) is 15.6 Å². The number of carbonyl (C=O) groups excluding carboxylic acids is 1. The Morgan fingerprint density at radius 3 is 2.73 bits per heavy atom. The number of carbonyl (C=O) groups is 2. The number of rotatable bonds is 9. The van der Waals surface area contributed by atoms with Crippen LogP contribution >= 0.6 is 23.1 Å². The van der Waals surface area contributed by atoms with Crippen LogP contribution in [0, 0.1) is 5.92 Å². The summed E-state index contributed by atoms with van der Waals surface area (Å²) in [5.41, 5.74) is 1.58. The number of aromatic nitrogens is 1. The zero-order chi connectivity index (χ0) is 23.8. The summed E-state index contributed by atoms with van der Waals surface area (Å²) in [5.74, 6) is -0.850. The highest BCUT2D eigenvalue weighted by molar-refractivity contribution is 8.04. The predicted octanol–water partition coefficient (Wildman–Crippen LogP) is 5.68. The molecule has 3 rings (SSSR count). The number of carboxylic acids is 1. The Kier molecular flexibility index (Phi) is 9.04. The number of thiazole rings is 1. The molecule has 1 aromatic heterocycles. The van der Waals surface area contributed by atoms with Crippen molar-refractivity contribution >= 4 is 52.1 Å². The zero-order valence-electron chi connectivity index (χ0n) is 18.6. The van der Waals surface area contributed by atoms with Gasteiger partial charge in [0, 0.05) is 17.5 Å². The van der Waals surface area contributed by atoms with Crippen LogP contribution in [-0.2, 0) is 11.2 Å². The summed E-state index contributed by atoms with van der Waals surface area (Å²) in [6.45, 7) is 3.75. The zero-order valence-corrected chi connectivity index (χ0v) is 20.2. The van der Waals surface area contributed by atoms with Crippen molar-refractivity contribution in [1.82, 2.24) is 4.98 Å². The van der Waals surface area contributed by atoms with Crippen LogP contribution in [-0.4, -0.2) is 33.4 Å². The van der Waals surface area contributed by atoms with Crippen molar-refractivity contribution < 1.29 is 19.8 Å². The lowest BCUT2D eigenvalue weighted by molar-refractivity contribution is -0.136. The number of carboxylic acid groups (broad SMARTS) is 1. The molecule has 0 bridgehead atoms. The van der Waals surface area contributed by atoms with Gasteiger partial charge >= 0.3 is 12.0 Å². The van der Waals surface area contributed by atoms with E-state index in [0.29, 0.717) is 21.9 Å². The number of thioether (sulfide) groups is 1. The van der Waals surface area contributed by atoms with Gasteiger partial charge in [-0.15, -0.1) is 0 Å². The van der Waals surface area contributed by atoms with E-state index in [0.717, 1.165) is 34.9 Å². The molecule has 1 heterocycles. The lowest BCUT2D eigenvalue weighted by Crippen LogP contribution is -2.21. The van der Waals surface area contributed by atoms with Crippen molar-refractivity contribution in [3.63, 3.8) is 0 Å². The average molecular weight is 489 g/mol. The molecule has 10 heteroatoms. The Hall–Kier alpha value is -2.69. The molecule has 4 N–H and O–H groups in total. The lowest BCUT2D eigenvalue weighted by atomic mass is 9.91. The molecule has 1 saturated carbocycles. The molecule has 1 aliphatic rings. The maximum atomic E-state index is 12.7. The minimum Gasteiger partial charge on any atom is -0.481 e. The quantitative estimate of drug-likeness (QED) is 0.266. The molecule has 1 aromatic carbocycles. The number of allylic oxidation sites excluding steroid dienone is 1. The second-order valence-corrected chi connectivity index (χ2v) is 10.0. The van der Waals surface area contributed by atoms with Crippen molar-refractivity contribution in [2.45, 2.75) is 56.3 Å². The van der Waals surface area contributed by atoms with Crippen LogP contribution in [0.15, 0.2) is 44.7 Å². The molecular formula is C23H28N4O4S2. The standard InChI is InChI=1S/C23H28N4O4S2/c1-3-18(24-4-2)32-20-13-25-23(33-20)27-22(31)26-17-10-9-14(12-19(28)29)11-16(17)21(30)15-7-5-6-8-15/h3-4,9-11,13,15,21,30H,5-8,12H2,1-2H3,(H,28,29)(H2,25,26,27,31)/b18-3+,24-4?. The van der Waals surface area contributed by atoms with E-state index in [-0.39, 0.29) is 12.3 Å². The molecule has 1 fully saturated rings. The second kappa shape index (κ2) is 12.0. The highest BCUT2D eigenvalue weighted by Gasteiger charge is 2.27. The van der Waals surface area contributed by atoms with Crippen LogP contribution in [0.5, 0.6) is 0 Å². The molecule has 1 atom stereocenters. The highest BCUT2D eigenvalue weighted by atomic mass is 32.2. The number of aliphatic carboxylic acids is 1. The van der Waals surface area contributed by atoms with Crippen LogP contribution in [0.2, 0.25) is 0 Å². The number of aliphatic hydroxyl groups is 1. The topological polar surface area (TPSA) is 124 Å². The molecule has 0 saturated heterocycles. The van der Waals surface area contributed by atoms with E-state index in [2.05, 4.69) is 20.6 Å². The third-order valence-electron chi connectivity index (χ3n) is 5.30. The number of aliphatic hydroxyl groups excluding tert-OH is 1. The van der Waals surface area contributed by atoms with Crippen molar-refractivity contribution in [2.75, 3.05) is 10.6 Å². The van der Waals surface area contributed by atoms with Gasteiger partial charge in [-0.25, -0.2) is 9.78 Å². The molecule has 0 spiro atoms. The molecule has 33 heavy (non-hydrogen) atoms. The highest BCUT2D eigenvalue weighted by Crippen LogP contribution is 2.39. The molecule has 1 aliphatic carbocycles. The Morgan fingerprint density at radius 1 is 1.30 bits per heavy atom. The van der Waals surface area contributed by atoms with Crippen LogP contribution < -0.4 is 10.6 Å². The number of nitrogens with zero attached hydrogens (tertiary/aromatic N) is 2. The van der Waals surface area contributed by atoms with E-state index in [9.17, 15) is 14.7 Å². The summed E-state index contributed by atoms with van der Waals surface area (Å²) in [7, 11) is 0. The first-order chi connectivity index (χ1) is 15.9. The summed E-state index contributed by atoms with van der Waals surface area (Å²) >= 11 is 2.79. The number of urea groups is 1. The predicted molar refractivity (Wildman–Crippen MR) is 133 cm³/mol. The minimum absolute atomic E-state index is 0.0961. The number of aliphatic imine (C=N–C) groups is 1. The third-order valence-corrected chi connectivity index (χ3v) is 7.36.